The zero-order chi connectivity index (χ0) is 34.9. The van der Waals surface area contributed by atoms with Crippen molar-refractivity contribution in [2.24, 2.45) is 0 Å². The van der Waals surface area contributed by atoms with E-state index in [1.807, 2.05) is 12.1 Å². The average Bonchev–Trinajstić information content (AvgIpc) is 3.10. The fraction of sp³-hybridized carbons (Fsp3) is 0.389. The fourth-order valence-electron chi connectivity index (χ4n) is 6.04. The normalized spacial score (nSPS) is 19.1. The molecule has 3 aromatic rings. The van der Waals surface area contributed by atoms with Crippen molar-refractivity contribution in [1.29, 1.82) is 0 Å². The summed E-state index contributed by atoms with van der Waals surface area (Å²) in [5, 5.41) is 26.6. The molecule has 0 radical (unpaired) electrons. The molecule has 0 bridgehead atoms. The van der Waals surface area contributed by atoms with Crippen molar-refractivity contribution in [3.8, 4) is 5.75 Å². The second-order valence-electron chi connectivity index (χ2n) is 12.2. The van der Waals surface area contributed by atoms with Crippen molar-refractivity contribution in [3.63, 3.8) is 0 Å². The number of hydrogen-bond acceptors (Lipinski definition) is 8. The number of rotatable bonds is 16. The van der Waals surface area contributed by atoms with Crippen molar-refractivity contribution >= 4 is 64.2 Å². The number of amides is 2. The lowest BCUT2D eigenvalue weighted by Gasteiger charge is -2.47. The first-order chi connectivity index (χ1) is 23.6. The minimum atomic E-state index is -1.08. The van der Waals surface area contributed by atoms with E-state index in [1.54, 1.807) is 65.6 Å². The molecule has 1 aliphatic heterocycles. The number of aliphatic hydroxyl groups excluding tert-OH is 1. The van der Waals surface area contributed by atoms with E-state index in [1.165, 1.54) is 11.8 Å². The van der Waals surface area contributed by atoms with Gasteiger partial charge in [-0.15, -0.1) is 11.8 Å². The highest BCUT2D eigenvalue weighted by atomic mass is 35.5. The van der Waals surface area contributed by atoms with Crippen LogP contribution >= 0.6 is 35.0 Å². The number of β-lactam (4-membered cyclic amide) rings is 1. The zero-order valence-corrected chi connectivity index (χ0v) is 29.1. The molecule has 49 heavy (non-hydrogen) atoms. The Morgan fingerprint density at radius 1 is 0.918 bits per heavy atom. The van der Waals surface area contributed by atoms with Gasteiger partial charge in [0.15, 0.2) is 12.4 Å². The number of carboxylic acids is 1. The largest absolute Gasteiger partial charge is 0.484 e. The lowest BCUT2D eigenvalue weighted by Crippen LogP contribution is -2.57. The Morgan fingerprint density at radius 2 is 1.55 bits per heavy atom. The van der Waals surface area contributed by atoms with Crippen LogP contribution in [0.1, 0.15) is 61.8 Å². The Hall–Kier alpha value is -3.61. The first-order valence-electron chi connectivity index (χ1n) is 16.2. The van der Waals surface area contributed by atoms with Gasteiger partial charge in [-0.1, -0.05) is 66.7 Å². The minimum Gasteiger partial charge on any atom is -0.484 e. The number of carboxylic acid groups (broad SMARTS) is 1. The van der Waals surface area contributed by atoms with Gasteiger partial charge in [-0.25, -0.2) is 0 Å². The summed E-state index contributed by atoms with van der Waals surface area (Å²) in [6.07, 6.45) is 3.99. The molecule has 13 heteroatoms. The number of nitrogens with zero attached hydrogens (tertiary/aromatic N) is 1. The predicted octanol–water partition coefficient (Wildman–Crippen LogP) is 5.75. The molecule has 260 valence electrons. The van der Waals surface area contributed by atoms with Crippen LogP contribution in [-0.2, 0) is 19.2 Å². The predicted molar refractivity (Wildman–Crippen MR) is 190 cm³/mol. The molecule has 1 saturated carbocycles. The summed E-state index contributed by atoms with van der Waals surface area (Å²) in [6, 6.07) is 19.8. The van der Waals surface area contributed by atoms with Gasteiger partial charge in [0.25, 0.3) is 5.91 Å². The van der Waals surface area contributed by atoms with Gasteiger partial charge in [0.1, 0.15) is 17.0 Å². The Kier molecular flexibility index (Phi) is 13.0. The third-order valence-corrected chi connectivity index (χ3v) is 10.5. The lowest BCUT2D eigenvalue weighted by atomic mass is 9.92. The van der Waals surface area contributed by atoms with Crippen LogP contribution in [-0.4, -0.2) is 70.0 Å². The highest BCUT2D eigenvalue weighted by Gasteiger charge is 2.49. The summed E-state index contributed by atoms with van der Waals surface area (Å²) in [5.41, 5.74) is 2.24. The van der Waals surface area contributed by atoms with Crippen molar-refractivity contribution in [1.82, 2.24) is 10.6 Å². The third-order valence-electron chi connectivity index (χ3n) is 8.69. The molecule has 1 saturated heterocycles. The highest BCUT2D eigenvalue weighted by Crippen LogP contribution is 2.46. The molecule has 0 spiro atoms. The van der Waals surface area contributed by atoms with E-state index in [0.717, 1.165) is 37.7 Å². The zero-order valence-electron chi connectivity index (χ0n) is 26.7. The molecule has 10 nitrogen and oxygen atoms in total. The molecular formula is C36H39Cl2N3O7S. The van der Waals surface area contributed by atoms with E-state index in [-0.39, 0.29) is 43.3 Å². The van der Waals surface area contributed by atoms with Gasteiger partial charge in [0, 0.05) is 33.9 Å². The van der Waals surface area contributed by atoms with E-state index in [2.05, 4.69) is 10.6 Å². The number of hydrogen-bond donors (Lipinski definition) is 4. The van der Waals surface area contributed by atoms with Crippen LogP contribution in [0, 0.1) is 0 Å². The maximum absolute atomic E-state index is 13.4. The number of carbonyl (C=O) groups is 4. The number of aliphatic hydroxyl groups is 1. The van der Waals surface area contributed by atoms with E-state index < -0.39 is 29.3 Å². The fourth-order valence-corrected chi connectivity index (χ4v) is 7.60. The second-order valence-corrected chi connectivity index (χ2v) is 14.3. The number of nitrogens with one attached hydrogen (secondary N) is 2. The molecular weight excluding hydrogens is 689 g/mol. The van der Waals surface area contributed by atoms with Crippen LogP contribution in [0.5, 0.6) is 5.75 Å². The Labute approximate surface area is 299 Å². The number of aliphatic carboxylic acids is 1. The molecule has 1 unspecified atom stereocenters. The van der Waals surface area contributed by atoms with Gasteiger partial charge in [0.05, 0.1) is 18.7 Å². The van der Waals surface area contributed by atoms with E-state index in [4.69, 9.17) is 27.9 Å². The lowest BCUT2D eigenvalue weighted by molar-refractivity contribution is -0.141. The van der Waals surface area contributed by atoms with Crippen LogP contribution in [0.3, 0.4) is 0 Å². The van der Waals surface area contributed by atoms with E-state index in [0.29, 0.717) is 32.8 Å². The van der Waals surface area contributed by atoms with Gasteiger partial charge in [-0.05, 0) is 72.5 Å². The highest BCUT2D eigenvalue weighted by molar-refractivity contribution is 8.00. The maximum atomic E-state index is 13.4. The quantitative estimate of drug-likeness (QED) is 0.136. The first kappa shape index (κ1) is 36.7. The summed E-state index contributed by atoms with van der Waals surface area (Å²) < 4.78 is 5.64. The third kappa shape index (κ3) is 9.98. The van der Waals surface area contributed by atoms with Crippen molar-refractivity contribution < 1.29 is 34.1 Å². The topological polar surface area (TPSA) is 145 Å². The first-order valence-corrected chi connectivity index (χ1v) is 18.0. The smallest absolute Gasteiger partial charge is 0.321 e. The summed E-state index contributed by atoms with van der Waals surface area (Å²) in [4.78, 5) is 51.7. The number of ether oxygens (including phenoxy) is 1. The van der Waals surface area contributed by atoms with Crippen molar-refractivity contribution in [2.75, 3.05) is 23.8 Å². The van der Waals surface area contributed by atoms with Crippen molar-refractivity contribution in [2.45, 2.75) is 68.0 Å². The van der Waals surface area contributed by atoms with Crippen LogP contribution in [0.4, 0.5) is 5.69 Å². The van der Waals surface area contributed by atoms with Crippen molar-refractivity contribution in [3.05, 3.63) is 94.0 Å². The molecule has 5 rings (SSSR count). The molecule has 4 N–H and O–H groups in total. The van der Waals surface area contributed by atoms with Crippen LogP contribution in [0.15, 0.2) is 72.8 Å². The SMILES string of the molecule is O=C(CNC(=O)COc1ccc([C@@H]2[C@@H](SCC(O)c3ccc(Cl)cc3)C(=O)N2c2ccc(Cl)cc2)cc1)C[C@@H](NC1CCCCC1)C(=O)O. The van der Waals surface area contributed by atoms with Crippen LogP contribution < -0.4 is 20.3 Å². The Morgan fingerprint density at radius 3 is 2.18 bits per heavy atom. The molecule has 2 aliphatic rings. The summed E-state index contributed by atoms with van der Waals surface area (Å²) in [6.45, 7) is -0.630. The number of thioether (sulfide) groups is 1. The molecule has 0 aromatic heterocycles. The number of benzene rings is 3. The number of Topliss-reactive ketones (excluding diaryl/α,β-unsaturated/α-hetero) is 1. The van der Waals surface area contributed by atoms with Crippen LogP contribution in [0.2, 0.25) is 10.0 Å². The molecule has 3 aromatic carbocycles. The second kappa shape index (κ2) is 17.4. The van der Waals surface area contributed by atoms with Gasteiger partial charge >= 0.3 is 5.97 Å². The summed E-state index contributed by atoms with van der Waals surface area (Å²) in [7, 11) is 0. The number of ketones is 1. The van der Waals surface area contributed by atoms with Gasteiger partial charge < -0.3 is 30.5 Å². The monoisotopic (exact) mass is 727 g/mol. The van der Waals surface area contributed by atoms with Gasteiger partial charge in [0.2, 0.25) is 5.91 Å². The summed E-state index contributed by atoms with van der Waals surface area (Å²) >= 11 is 13.4. The summed E-state index contributed by atoms with van der Waals surface area (Å²) in [5.74, 6) is -1.36. The maximum Gasteiger partial charge on any atom is 0.321 e. The van der Waals surface area contributed by atoms with Crippen LogP contribution in [0.25, 0.3) is 0 Å². The molecule has 4 atom stereocenters. The Bertz CT molecular complexity index is 1600. The molecule has 2 fully saturated rings. The molecule has 1 aliphatic carbocycles. The number of anilines is 1. The average molecular weight is 729 g/mol. The molecule has 2 amide bonds. The van der Waals surface area contributed by atoms with E-state index in [9.17, 15) is 29.4 Å². The molecule has 1 heterocycles. The minimum absolute atomic E-state index is 0.0833. The number of halogens is 2. The van der Waals surface area contributed by atoms with E-state index >= 15 is 0 Å². The Balaban J connectivity index is 1.15. The van der Waals surface area contributed by atoms with Gasteiger partial charge in [-0.3, -0.25) is 19.2 Å². The number of carbonyl (C=O) groups excluding carboxylic acids is 3. The van der Waals surface area contributed by atoms with Gasteiger partial charge in [-0.2, -0.15) is 0 Å². The standard InChI is InChI=1S/C36H39Cl2N3O7S/c37-24-10-6-22(7-11-24)31(43)21-49-34-33(41(35(34)45)27-14-12-25(38)13-15-27)23-8-16-29(17-9-23)48-20-32(44)39-19-28(42)18-30(36(46)47)40-26-4-2-1-3-5-26/h6-17,26,30-31,33-34,40,43H,1-5,18-21H2,(H,39,44)(H,46,47)/t30-,31?,33-,34-/m1/s1.